The highest BCUT2D eigenvalue weighted by Gasteiger charge is 1.96. The van der Waals surface area contributed by atoms with E-state index in [1.165, 1.54) is 24.8 Å². The molecule has 0 unspecified atom stereocenters. The van der Waals surface area contributed by atoms with Gasteiger partial charge in [-0.2, -0.15) is 0 Å². The molecule has 0 aromatic carbocycles. The van der Waals surface area contributed by atoms with Gasteiger partial charge in [-0.15, -0.1) is 0 Å². The summed E-state index contributed by atoms with van der Waals surface area (Å²) in [5, 5.41) is 3.40. The van der Waals surface area contributed by atoms with Crippen LogP contribution >= 0.6 is 0 Å². The Balaban J connectivity index is 2.24. The van der Waals surface area contributed by atoms with Gasteiger partial charge in [0.2, 0.25) is 5.88 Å². The second kappa shape index (κ2) is 7.23. The molecule has 1 N–H and O–H groups in total. The summed E-state index contributed by atoms with van der Waals surface area (Å²) in [7, 11) is 1.64. The van der Waals surface area contributed by atoms with E-state index in [4.69, 9.17) is 4.74 Å². The van der Waals surface area contributed by atoms with Crippen molar-refractivity contribution in [2.45, 2.75) is 32.7 Å². The molecule has 0 aliphatic heterocycles. The van der Waals surface area contributed by atoms with Crippen LogP contribution in [0.1, 0.15) is 31.7 Å². The zero-order chi connectivity index (χ0) is 10.9. The van der Waals surface area contributed by atoms with Gasteiger partial charge in [0.25, 0.3) is 0 Å². The maximum Gasteiger partial charge on any atom is 0.213 e. The molecule has 0 aliphatic rings. The Morgan fingerprint density at radius 1 is 1.40 bits per heavy atom. The van der Waals surface area contributed by atoms with E-state index in [1.807, 2.05) is 12.1 Å². The standard InChI is InChI=1S/C12H20N2O/c1-3-4-5-7-13-10-11-6-8-14-12(9-11)15-2/h6,8-9,13H,3-5,7,10H2,1-2H3. The fourth-order valence-electron chi connectivity index (χ4n) is 1.40. The number of aromatic nitrogens is 1. The van der Waals surface area contributed by atoms with Crippen LogP contribution in [-0.2, 0) is 6.54 Å². The molecular formula is C12H20N2O. The summed E-state index contributed by atoms with van der Waals surface area (Å²) in [5.74, 6) is 0.683. The normalized spacial score (nSPS) is 10.3. The fourth-order valence-corrected chi connectivity index (χ4v) is 1.40. The zero-order valence-electron chi connectivity index (χ0n) is 9.62. The van der Waals surface area contributed by atoms with Gasteiger partial charge in [0.1, 0.15) is 0 Å². The first-order chi connectivity index (χ1) is 7.36. The van der Waals surface area contributed by atoms with Crippen molar-refractivity contribution in [3.05, 3.63) is 23.9 Å². The summed E-state index contributed by atoms with van der Waals surface area (Å²) in [6.07, 6.45) is 5.60. The molecule has 0 atom stereocenters. The predicted molar refractivity (Wildman–Crippen MR) is 62.0 cm³/mol. The minimum atomic E-state index is 0.683. The van der Waals surface area contributed by atoms with Crippen molar-refractivity contribution in [1.82, 2.24) is 10.3 Å². The number of pyridine rings is 1. The third kappa shape index (κ3) is 4.79. The highest BCUT2D eigenvalue weighted by molar-refractivity contribution is 5.20. The summed E-state index contributed by atoms with van der Waals surface area (Å²) in [6.45, 7) is 4.19. The lowest BCUT2D eigenvalue weighted by Crippen LogP contribution is -2.14. The van der Waals surface area contributed by atoms with E-state index in [1.54, 1.807) is 13.3 Å². The fraction of sp³-hybridized carbons (Fsp3) is 0.583. The lowest BCUT2D eigenvalue weighted by Gasteiger charge is -2.05. The van der Waals surface area contributed by atoms with Crippen LogP contribution < -0.4 is 10.1 Å². The van der Waals surface area contributed by atoms with Crippen molar-refractivity contribution in [1.29, 1.82) is 0 Å². The lowest BCUT2D eigenvalue weighted by atomic mass is 10.2. The molecule has 3 nitrogen and oxygen atoms in total. The molecule has 0 bridgehead atoms. The van der Waals surface area contributed by atoms with Crippen LogP contribution in [0.3, 0.4) is 0 Å². The molecule has 0 fully saturated rings. The van der Waals surface area contributed by atoms with E-state index in [2.05, 4.69) is 17.2 Å². The second-order valence-corrected chi connectivity index (χ2v) is 3.59. The van der Waals surface area contributed by atoms with Crippen molar-refractivity contribution >= 4 is 0 Å². The molecule has 84 valence electrons. The highest BCUT2D eigenvalue weighted by Crippen LogP contribution is 2.07. The first kappa shape index (κ1) is 12.0. The largest absolute Gasteiger partial charge is 0.481 e. The minimum absolute atomic E-state index is 0.683. The van der Waals surface area contributed by atoms with Crippen LogP contribution in [-0.4, -0.2) is 18.6 Å². The van der Waals surface area contributed by atoms with Crippen LogP contribution in [0, 0.1) is 0 Å². The Labute approximate surface area is 91.9 Å². The SMILES string of the molecule is CCCCCNCc1ccnc(OC)c1. The van der Waals surface area contributed by atoms with Crippen molar-refractivity contribution in [2.24, 2.45) is 0 Å². The number of hydrogen-bond acceptors (Lipinski definition) is 3. The van der Waals surface area contributed by atoms with Crippen LogP contribution in [0.25, 0.3) is 0 Å². The maximum atomic E-state index is 5.06. The number of hydrogen-bond donors (Lipinski definition) is 1. The molecule has 0 spiro atoms. The van der Waals surface area contributed by atoms with Gasteiger partial charge in [0, 0.05) is 18.8 Å². The second-order valence-electron chi connectivity index (χ2n) is 3.59. The van der Waals surface area contributed by atoms with Gasteiger partial charge < -0.3 is 10.1 Å². The lowest BCUT2D eigenvalue weighted by molar-refractivity contribution is 0.397. The summed E-state index contributed by atoms with van der Waals surface area (Å²) >= 11 is 0. The Hall–Kier alpha value is -1.09. The molecule has 3 heteroatoms. The summed E-state index contributed by atoms with van der Waals surface area (Å²) in [5.41, 5.74) is 1.22. The topological polar surface area (TPSA) is 34.2 Å². The Morgan fingerprint density at radius 3 is 3.00 bits per heavy atom. The molecule has 1 rings (SSSR count). The van der Waals surface area contributed by atoms with E-state index >= 15 is 0 Å². The number of ether oxygens (including phenoxy) is 1. The van der Waals surface area contributed by atoms with Gasteiger partial charge in [-0.1, -0.05) is 19.8 Å². The molecule has 15 heavy (non-hydrogen) atoms. The van der Waals surface area contributed by atoms with E-state index in [0.29, 0.717) is 5.88 Å². The summed E-state index contributed by atoms with van der Waals surface area (Å²) in [6, 6.07) is 3.97. The molecule has 1 heterocycles. The molecular weight excluding hydrogens is 188 g/mol. The Morgan fingerprint density at radius 2 is 2.27 bits per heavy atom. The number of unbranched alkanes of at least 4 members (excludes halogenated alkanes) is 2. The van der Waals surface area contributed by atoms with Gasteiger partial charge in [-0.05, 0) is 24.6 Å². The summed E-state index contributed by atoms with van der Waals surface area (Å²) < 4.78 is 5.06. The van der Waals surface area contributed by atoms with E-state index in [-0.39, 0.29) is 0 Å². The van der Waals surface area contributed by atoms with Gasteiger partial charge >= 0.3 is 0 Å². The third-order valence-electron chi connectivity index (χ3n) is 2.29. The number of nitrogens with zero attached hydrogens (tertiary/aromatic N) is 1. The quantitative estimate of drug-likeness (QED) is 0.698. The molecule has 0 saturated heterocycles. The molecule has 1 aromatic heterocycles. The van der Waals surface area contributed by atoms with Crippen LogP contribution in [0.5, 0.6) is 5.88 Å². The molecule has 0 radical (unpaired) electrons. The molecule has 1 aromatic rings. The van der Waals surface area contributed by atoms with Gasteiger partial charge in [0.15, 0.2) is 0 Å². The molecule has 0 aliphatic carbocycles. The summed E-state index contributed by atoms with van der Waals surface area (Å²) in [4.78, 5) is 4.07. The predicted octanol–water partition coefficient (Wildman–Crippen LogP) is 2.37. The first-order valence-electron chi connectivity index (χ1n) is 5.56. The van der Waals surface area contributed by atoms with E-state index < -0.39 is 0 Å². The monoisotopic (exact) mass is 208 g/mol. The van der Waals surface area contributed by atoms with Gasteiger partial charge in [0.05, 0.1) is 7.11 Å². The van der Waals surface area contributed by atoms with E-state index in [9.17, 15) is 0 Å². The Kier molecular flexibility index (Phi) is 5.78. The number of methoxy groups -OCH3 is 1. The zero-order valence-corrected chi connectivity index (χ0v) is 9.62. The molecule has 0 amide bonds. The van der Waals surface area contributed by atoms with Crippen LogP contribution in [0.4, 0.5) is 0 Å². The van der Waals surface area contributed by atoms with Crippen molar-refractivity contribution in [3.8, 4) is 5.88 Å². The van der Waals surface area contributed by atoms with Crippen molar-refractivity contribution in [3.63, 3.8) is 0 Å². The van der Waals surface area contributed by atoms with Gasteiger partial charge in [-0.3, -0.25) is 0 Å². The number of rotatable bonds is 7. The van der Waals surface area contributed by atoms with Gasteiger partial charge in [-0.25, -0.2) is 4.98 Å². The van der Waals surface area contributed by atoms with Crippen LogP contribution in [0.15, 0.2) is 18.3 Å². The smallest absolute Gasteiger partial charge is 0.213 e. The third-order valence-corrected chi connectivity index (χ3v) is 2.29. The van der Waals surface area contributed by atoms with E-state index in [0.717, 1.165) is 13.1 Å². The average Bonchev–Trinajstić information content (AvgIpc) is 2.29. The average molecular weight is 208 g/mol. The van der Waals surface area contributed by atoms with Crippen molar-refractivity contribution in [2.75, 3.05) is 13.7 Å². The number of nitrogens with one attached hydrogen (secondary N) is 1. The highest BCUT2D eigenvalue weighted by atomic mass is 16.5. The van der Waals surface area contributed by atoms with Crippen LogP contribution in [0.2, 0.25) is 0 Å². The maximum absolute atomic E-state index is 5.06. The Bertz CT molecular complexity index is 276. The first-order valence-corrected chi connectivity index (χ1v) is 5.56. The molecule has 0 saturated carbocycles. The minimum Gasteiger partial charge on any atom is -0.481 e. The van der Waals surface area contributed by atoms with Crippen molar-refractivity contribution < 1.29 is 4.74 Å².